The van der Waals surface area contributed by atoms with E-state index in [4.69, 9.17) is 0 Å². The van der Waals surface area contributed by atoms with Crippen molar-refractivity contribution in [2.45, 2.75) is 52.2 Å². The Morgan fingerprint density at radius 1 is 1.00 bits per heavy atom. The normalized spacial score (nSPS) is 13.1. The molecule has 2 amide bonds. The minimum absolute atomic E-state index is 0.0319. The number of anilines is 1. The van der Waals surface area contributed by atoms with Crippen molar-refractivity contribution in [3.05, 3.63) is 64.6 Å². The molecule has 0 fully saturated rings. The van der Waals surface area contributed by atoms with Crippen LogP contribution >= 0.6 is 15.9 Å². The van der Waals surface area contributed by atoms with Gasteiger partial charge in [-0.05, 0) is 49.6 Å². The zero-order valence-corrected chi connectivity index (χ0v) is 21.9. The van der Waals surface area contributed by atoms with Crippen LogP contribution in [0.15, 0.2) is 59.1 Å². The van der Waals surface area contributed by atoms with Crippen molar-refractivity contribution in [3.8, 4) is 0 Å². The highest BCUT2D eigenvalue weighted by Crippen LogP contribution is 2.22. The Labute approximate surface area is 205 Å². The number of carbonyl (C=O) groups excluding carboxylic acids is 2. The van der Waals surface area contributed by atoms with Crippen molar-refractivity contribution in [2.24, 2.45) is 0 Å². The summed E-state index contributed by atoms with van der Waals surface area (Å²) in [5, 5.41) is 2.95. The summed E-state index contributed by atoms with van der Waals surface area (Å²) in [5.41, 5.74) is 1.24. The van der Waals surface area contributed by atoms with E-state index in [9.17, 15) is 18.0 Å². The van der Waals surface area contributed by atoms with Crippen LogP contribution < -0.4 is 9.62 Å². The van der Waals surface area contributed by atoms with E-state index in [0.29, 0.717) is 12.1 Å². The lowest BCUT2D eigenvalue weighted by molar-refractivity contribution is -0.140. The first-order chi connectivity index (χ1) is 15.6. The van der Waals surface area contributed by atoms with Crippen LogP contribution in [0.3, 0.4) is 0 Å². The number of halogens is 1. The third-order valence-corrected chi connectivity index (χ3v) is 7.05. The van der Waals surface area contributed by atoms with Crippen molar-refractivity contribution in [1.82, 2.24) is 10.2 Å². The number of nitrogens with one attached hydrogen (secondary N) is 1. The minimum atomic E-state index is -3.74. The molecular formula is C24H32BrN3O4S. The van der Waals surface area contributed by atoms with Crippen LogP contribution in [0.1, 0.15) is 39.2 Å². The van der Waals surface area contributed by atoms with Crippen LogP contribution in [0, 0.1) is 0 Å². The molecule has 1 N–H and O–H groups in total. The number of benzene rings is 2. The Kier molecular flexibility index (Phi) is 9.91. The molecule has 0 radical (unpaired) electrons. The molecule has 0 spiro atoms. The maximum absolute atomic E-state index is 13.5. The van der Waals surface area contributed by atoms with Gasteiger partial charge in [-0.15, -0.1) is 0 Å². The van der Waals surface area contributed by atoms with Gasteiger partial charge in [0.2, 0.25) is 21.8 Å². The Bertz CT molecular complexity index is 1030. The van der Waals surface area contributed by atoms with Crippen LogP contribution in [0.5, 0.6) is 0 Å². The second-order valence-corrected chi connectivity index (χ2v) is 10.8. The standard InChI is InChI=1S/C24H32BrN3O4S/c1-5-18(3)26-24(30)22(6-2)27(16-19-10-8-7-9-11-19)23(29)17-28(33(4,31)32)21-14-12-20(25)13-15-21/h7-15,18,22H,5-6,16-17H2,1-4H3,(H,26,30)/t18-,22+/m1/s1. The zero-order chi connectivity index (χ0) is 24.6. The predicted molar refractivity (Wildman–Crippen MR) is 135 cm³/mol. The van der Waals surface area contributed by atoms with E-state index in [1.54, 1.807) is 24.3 Å². The van der Waals surface area contributed by atoms with E-state index < -0.39 is 28.5 Å². The number of hydrogen-bond donors (Lipinski definition) is 1. The molecule has 0 aromatic heterocycles. The summed E-state index contributed by atoms with van der Waals surface area (Å²) in [5.74, 6) is -0.691. The first-order valence-corrected chi connectivity index (χ1v) is 13.6. The van der Waals surface area contributed by atoms with Gasteiger partial charge in [-0.3, -0.25) is 13.9 Å². The quantitative estimate of drug-likeness (QED) is 0.470. The smallest absolute Gasteiger partial charge is 0.244 e. The monoisotopic (exact) mass is 537 g/mol. The topological polar surface area (TPSA) is 86.8 Å². The lowest BCUT2D eigenvalue weighted by Crippen LogP contribution is -2.53. The average molecular weight is 539 g/mol. The molecule has 0 aliphatic carbocycles. The highest BCUT2D eigenvalue weighted by molar-refractivity contribution is 9.10. The molecule has 7 nitrogen and oxygen atoms in total. The molecule has 33 heavy (non-hydrogen) atoms. The lowest BCUT2D eigenvalue weighted by Gasteiger charge is -2.33. The fourth-order valence-corrected chi connectivity index (χ4v) is 4.48. The van der Waals surface area contributed by atoms with Crippen molar-refractivity contribution < 1.29 is 18.0 Å². The van der Waals surface area contributed by atoms with Gasteiger partial charge < -0.3 is 10.2 Å². The molecule has 0 aliphatic rings. The summed E-state index contributed by atoms with van der Waals surface area (Å²) in [7, 11) is -3.74. The molecule has 0 unspecified atom stereocenters. The van der Waals surface area contributed by atoms with Gasteiger partial charge in [0.05, 0.1) is 11.9 Å². The molecule has 0 saturated heterocycles. The number of amides is 2. The molecule has 0 saturated carbocycles. The fourth-order valence-electron chi connectivity index (χ4n) is 3.36. The van der Waals surface area contributed by atoms with Crippen LogP contribution in [0.2, 0.25) is 0 Å². The maximum atomic E-state index is 13.5. The average Bonchev–Trinajstić information content (AvgIpc) is 2.77. The summed E-state index contributed by atoms with van der Waals surface area (Å²) in [6.07, 6.45) is 2.23. The van der Waals surface area contributed by atoms with E-state index in [-0.39, 0.29) is 18.5 Å². The highest BCUT2D eigenvalue weighted by atomic mass is 79.9. The second kappa shape index (κ2) is 12.2. The third kappa shape index (κ3) is 7.85. The largest absolute Gasteiger partial charge is 0.352 e. The molecule has 180 valence electrons. The number of carbonyl (C=O) groups is 2. The van der Waals surface area contributed by atoms with Gasteiger partial charge in [-0.1, -0.05) is 60.1 Å². The molecule has 9 heteroatoms. The van der Waals surface area contributed by atoms with E-state index in [1.807, 2.05) is 51.1 Å². The van der Waals surface area contributed by atoms with Crippen LogP contribution in [0.25, 0.3) is 0 Å². The molecule has 2 atom stereocenters. The maximum Gasteiger partial charge on any atom is 0.244 e. The van der Waals surface area contributed by atoms with E-state index in [1.165, 1.54) is 4.90 Å². The number of rotatable bonds is 11. The Morgan fingerprint density at radius 2 is 1.61 bits per heavy atom. The Hall–Kier alpha value is -2.39. The van der Waals surface area contributed by atoms with Gasteiger partial charge in [-0.2, -0.15) is 0 Å². The van der Waals surface area contributed by atoms with Crippen molar-refractivity contribution in [2.75, 3.05) is 17.1 Å². The molecule has 0 heterocycles. The number of nitrogens with zero attached hydrogens (tertiary/aromatic N) is 2. The van der Waals surface area contributed by atoms with Crippen molar-refractivity contribution in [3.63, 3.8) is 0 Å². The molecule has 2 rings (SSSR count). The second-order valence-electron chi connectivity index (χ2n) is 8.00. The van der Waals surface area contributed by atoms with Crippen molar-refractivity contribution >= 4 is 43.5 Å². The highest BCUT2D eigenvalue weighted by Gasteiger charge is 2.32. The number of hydrogen-bond acceptors (Lipinski definition) is 4. The van der Waals surface area contributed by atoms with Crippen LogP contribution in [-0.4, -0.2) is 50.0 Å². The summed E-state index contributed by atoms with van der Waals surface area (Å²) in [6, 6.07) is 15.3. The van der Waals surface area contributed by atoms with Gasteiger partial charge in [0.1, 0.15) is 12.6 Å². The predicted octanol–water partition coefficient (Wildman–Crippen LogP) is 3.94. The van der Waals surface area contributed by atoms with E-state index in [0.717, 1.165) is 27.0 Å². The Morgan fingerprint density at radius 3 is 2.12 bits per heavy atom. The van der Waals surface area contributed by atoms with Gasteiger partial charge in [0.25, 0.3) is 0 Å². The van der Waals surface area contributed by atoms with Gasteiger partial charge in [0.15, 0.2) is 0 Å². The molecular weight excluding hydrogens is 506 g/mol. The molecule has 2 aromatic carbocycles. The number of sulfonamides is 1. The van der Waals surface area contributed by atoms with Crippen LogP contribution in [0.4, 0.5) is 5.69 Å². The SMILES string of the molecule is CC[C@@H](C)NC(=O)[C@H](CC)N(Cc1ccccc1)C(=O)CN(c1ccc(Br)cc1)S(C)(=O)=O. The van der Waals surface area contributed by atoms with E-state index in [2.05, 4.69) is 21.2 Å². The van der Waals surface area contributed by atoms with Crippen molar-refractivity contribution in [1.29, 1.82) is 0 Å². The van der Waals surface area contributed by atoms with Gasteiger partial charge in [-0.25, -0.2) is 8.42 Å². The van der Waals surface area contributed by atoms with E-state index >= 15 is 0 Å². The van der Waals surface area contributed by atoms with Gasteiger partial charge >= 0.3 is 0 Å². The summed E-state index contributed by atoms with van der Waals surface area (Å²) >= 11 is 3.34. The summed E-state index contributed by atoms with van der Waals surface area (Å²) in [4.78, 5) is 28.0. The summed E-state index contributed by atoms with van der Waals surface area (Å²) < 4.78 is 27.0. The van der Waals surface area contributed by atoms with Crippen LogP contribution in [-0.2, 0) is 26.2 Å². The fraction of sp³-hybridized carbons (Fsp3) is 0.417. The zero-order valence-electron chi connectivity index (χ0n) is 19.5. The molecule has 0 bridgehead atoms. The third-order valence-electron chi connectivity index (χ3n) is 5.38. The minimum Gasteiger partial charge on any atom is -0.352 e. The summed E-state index contributed by atoms with van der Waals surface area (Å²) in [6.45, 7) is 5.52. The molecule has 0 aliphatic heterocycles. The Balaban J connectivity index is 2.39. The molecule has 2 aromatic rings. The first-order valence-electron chi connectivity index (χ1n) is 10.9. The first kappa shape index (κ1) is 26.9. The lowest BCUT2D eigenvalue weighted by atomic mass is 10.1. The van der Waals surface area contributed by atoms with Gasteiger partial charge in [0, 0.05) is 17.1 Å².